The van der Waals surface area contributed by atoms with Crippen molar-refractivity contribution in [1.82, 2.24) is 0 Å². The molecule has 2 N–H and O–H groups in total. The summed E-state index contributed by atoms with van der Waals surface area (Å²) in [6.07, 6.45) is 6.54. The Morgan fingerprint density at radius 3 is 2.50 bits per heavy atom. The number of hydrogen-bond acceptors (Lipinski definition) is 2. The third-order valence-electron chi connectivity index (χ3n) is 4.34. The van der Waals surface area contributed by atoms with Crippen LogP contribution in [-0.2, 0) is 0 Å². The number of rotatable bonds is 5. The average molecular weight is 296 g/mol. The van der Waals surface area contributed by atoms with Crippen LogP contribution in [0.1, 0.15) is 49.4 Å². The number of nitrogens with one attached hydrogen (secondary N) is 1. The minimum Gasteiger partial charge on any atom is -0.478 e. The molecule has 1 aromatic rings. The molecule has 0 atom stereocenters. The quantitative estimate of drug-likeness (QED) is 0.830. The van der Waals surface area contributed by atoms with Gasteiger partial charge in [-0.15, -0.1) is 0 Å². The molecular formula is C16H22ClNO2. The molecule has 1 aliphatic rings. The Kier molecular flexibility index (Phi) is 5.30. The maximum absolute atomic E-state index is 10.9. The molecule has 110 valence electrons. The second kappa shape index (κ2) is 6.98. The van der Waals surface area contributed by atoms with Crippen molar-refractivity contribution in [2.45, 2.75) is 39.0 Å². The van der Waals surface area contributed by atoms with Crippen molar-refractivity contribution in [3.05, 3.63) is 28.8 Å². The van der Waals surface area contributed by atoms with E-state index in [9.17, 15) is 4.79 Å². The molecule has 2 rings (SSSR count). The van der Waals surface area contributed by atoms with Crippen LogP contribution in [0.3, 0.4) is 0 Å². The molecule has 0 radical (unpaired) electrons. The number of halogens is 1. The summed E-state index contributed by atoms with van der Waals surface area (Å²) in [5, 5.41) is 12.6. The molecule has 0 bridgehead atoms. The predicted molar refractivity (Wildman–Crippen MR) is 82.6 cm³/mol. The maximum atomic E-state index is 10.9. The number of benzene rings is 1. The molecule has 0 spiro atoms. The van der Waals surface area contributed by atoms with Crippen molar-refractivity contribution in [2.75, 3.05) is 11.9 Å². The SMILES string of the molecule is CCC1CCC(CNc2ccc(C(=O)O)c(Cl)c2)CC1. The fourth-order valence-corrected chi connectivity index (χ4v) is 3.17. The molecule has 0 amide bonds. The van der Waals surface area contributed by atoms with Crippen LogP contribution in [-0.4, -0.2) is 17.6 Å². The monoisotopic (exact) mass is 295 g/mol. The van der Waals surface area contributed by atoms with Gasteiger partial charge in [0.05, 0.1) is 10.6 Å². The molecule has 20 heavy (non-hydrogen) atoms. The van der Waals surface area contributed by atoms with Crippen LogP contribution in [0.15, 0.2) is 18.2 Å². The highest BCUT2D eigenvalue weighted by atomic mass is 35.5. The van der Waals surface area contributed by atoms with Gasteiger partial charge in [-0.2, -0.15) is 0 Å². The second-order valence-corrected chi connectivity index (χ2v) is 6.08. The van der Waals surface area contributed by atoms with Crippen molar-refractivity contribution < 1.29 is 9.90 Å². The topological polar surface area (TPSA) is 49.3 Å². The van der Waals surface area contributed by atoms with Crippen molar-refractivity contribution in [3.63, 3.8) is 0 Å². The lowest BCUT2D eigenvalue weighted by atomic mass is 9.81. The third kappa shape index (κ3) is 3.89. The maximum Gasteiger partial charge on any atom is 0.337 e. The van der Waals surface area contributed by atoms with Gasteiger partial charge in [-0.05, 0) is 42.9 Å². The van der Waals surface area contributed by atoms with Gasteiger partial charge >= 0.3 is 5.97 Å². The van der Waals surface area contributed by atoms with Crippen molar-refractivity contribution in [1.29, 1.82) is 0 Å². The van der Waals surface area contributed by atoms with Gasteiger partial charge in [-0.3, -0.25) is 0 Å². The number of carbonyl (C=O) groups is 1. The van der Waals surface area contributed by atoms with Crippen molar-refractivity contribution >= 4 is 23.3 Å². The van der Waals surface area contributed by atoms with Crippen molar-refractivity contribution in [3.8, 4) is 0 Å². The molecule has 3 nitrogen and oxygen atoms in total. The van der Waals surface area contributed by atoms with Gasteiger partial charge in [0, 0.05) is 12.2 Å². The summed E-state index contributed by atoms with van der Waals surface area (Å²) in [6, 6.07) is 5.04. The van der Waals surface area contributed by atoms with Gasteiger partial charge in [0.25, 0.3) is 0 Å². The van der Waals surface area contributed by atoms with E-state index in [4.69, 9.17) is 16.7 Å². The summed E-state index contributed by atoms with van der Waals surface area (Å²) >= 11 is 5.96. The van der Waals surface area contributed by atoms with Crippen LogP contribution < -0.4 is 5.32 Å². The Morgan fingerprint density at radius 1 is 1.30 bits per heavy atom. The first-order chi connectivity index (χ1) is 9.60. The normalized spacial score (nSPS) is 22.5. The zero-order valence-electron chi connectivity index (χ0n) is 11.9. The first-order valence-electron chi connectivity index (χ1n) is 7.36. The van der Waals surface area contributed by atoms with E-state index >= 15 is 0 Å². The molecule has 0 aliphatic heterocycles. The van der Waals surface area contributed by atoms with Crippen molar-refractivity contribution in [2.24, 2.45) is 11.8 Å². The lowest BCUT2D eigenvalue weighted by Gasteiger charge is -2.28. The Hall–Kier alpha value is -1.22. The Balaban J connectivity index is 1.85. The van der Waals surface area contributed by atoms with Crippen LogP contribution in [0.5, 0.6) is 0 Å². The molecule has 1 aliphatic carbocycles. The standard InChI is InChI=1S/C16H22ClNO2/c1-2-11-3-5-12(6-4-11)10-18-13-7-8-14(16(19)20)15(17)9-13/h7-9,11-12,18H,2-6,10H2,1H3,(H,19,20). The summed E-state index contributed by atoms with van der Waals surface area (Å²) in [6.45, 7) is 3.22. The van der Waals surface area contributed by atoms with Crippen LogP contribution in [0.2, 0.25) is 5.02 Å². The van der Waals surface area contributed by atoms with Crippen LogP contribution >= 0.6 is 11.6 Å². The van der Waals surface area contributed by atoms with E-state index in [0.717, 1.165) is 24.1 Å². The molecule has 0 unspecified atom stereocenters. The Morgan fingerprint density at radius 2 is 1.95 bits per heavy atom. The van der Waals surface area contributed by atoms with E-state index < -0.39 is 5.97 Å². The largest absolute Gasteiger partial charge is 0.478 e. The number of anilines is 1. The Bertz CT molecular complexity index is 468. The number of carboxylic acid groups (broad SMARTS) is 1. The van der Waals surface area contributed by atoms with E-state index in [-0.39, 0.29) is 10.6 Å². The summed E-state index contributed by atoms with van der Waals surface area (Å²) in [5.41, 5.74) is 1.05. The molecule has 1 saturated carbocycles. The van der Waals surface area contributed by atoms with Gasteiger partial charge < -0.3 is 10.4 Å². The van der Waals surface area contributed by atoms with Crippen LogP contribution in [0, 0.1) is 11.8 Å². The fraction of sp³-hybridized carbons (Fsp3) is 0.562. The zero-order chi connectivity index (χ0) is 14.5. The molecule has 0 heterocycles. The number of aromatic carboxylic acids is 1. The van der Waals surface area contributed by atoms with Gasteiger partial charge in [0.1, 0.15) is 0 Å². The highest BCUT2D eigenvalue weighted by molar-refractivity contribution is 6.33. The molecule has 4 heteroatoms. The van der Waals surface area contributed by atoms with Gasteiger partial charge in [0.2, 0.25) is 0 Å². The number of hydrogen-bond donors (Lipinski definition) is 2. The van der Waals surface area contributed by atoms with E-state index in [1.807, 2.05) is 0 Å². The second-order valence-electron chi connectivity index (χ2n) is 5.68. The molecule has 0 aromatic heterocycles. The minimum atomic E-state index is -0.987. The first-order valence-corrected chi connectivity index (χ1v) is 7.74. The van der Waals surface area contributed by atoms with Crippen LogP contribution in [0.25, 0.3) is 0 Å². The highest BCUT2D eigenvalue weighted by Crippen LogP contribution is 2.31. The van der Waals surface area contributed by atoms with Gasteiger partial charge in [0.15, 0.2) is 0 Å². The predicted octanol–water partition coefficient (Wildman–Crippen LogP) is 4.67. The summed E-state index contributed by atoms with van der Waals surface area (Å²) in [4.78, 5) is 10.9. The Labute approximate surface area is 125 Å². The summed E-state index contributed by atoms with van der Waals surface area (Å²) in [7, 11) is 0. The average Bonchev–Trinajstić information content (AvgIpc) is 2.45. The zero-order valence-corrected chi connectivity index (χ0v) is 12.6. The third-order valence-corrected chi connectivity index (χ3v) is 4.65. The minimum absolute atomic E-state index is 0.153. The van der Waals surface area contributed by atoms with E-state index in [2.05, 4.69) is 12.2 Å². The molecule has 1 aromatic carbocycles. The van der Waals surface area contributed by atoms with Gasteiger partial charge in [-0.25, -0.2) is 4.79 Å². The van der Waals surface area contributed by atoms with E-state index in [1.54, 1.807) is 18.2 Å². The summed E-state index contributed by atoms with van der Waals surface area (Å²) < 4.78 is 0. The van der Waals surface area contributed by atoms with Gasteiger partial charge in [-0.1, -0.05) is 37.8 Å². The summed E-state index contributed by atoms with van der Waals surface area (Å²) in [5.74, 6) is 0.644. The fourth-order valence-electron chi connectivity index (χ4n) is 2.90. The molecular weight excluding hydrogens is 274 g/mol. The lowest BCUT2D eigenvalue weighted by Crippen LogP contribution is -2.21. The molecule has 1 fully saturated rings. The smallest absolute Gasteiger partial charge is 0.337 e. The van der Waals surface area contributed by atoms with E-state index in [0.29, 0.717) is 0 Å². The highest BCUT2D eigenvalue weighted by Gasteiger charge is 2.19. The molecule has 0 saturated heterocycles. The lowest BCUT2D eigenvalue weighted by molar-refractivity contribution is 0.0697. The van der Waals surface area contributed by atoms with Crippen LogP contribution in [0.4, 0.5) is 5.69 Å². The van der Waals surface area contributed by atoms with E-state index in [1.165, 1.54) is 32.1 Å². The number of carboxylic acids is 1. The first kappa shape index (κ1) is 15.2.